The molecule has 2 atom stereocenters. The molecule has 320 valence electrons. The highest BCUT2D eigenvalue weighted by molar-refractivity contribution is 7.47. The van der Waals surface area contributed by atoms with E-state index in [1.807, 2.05) is 0 Å². The Kier molecular flexibility index (Phi) is 38.2. The Morgan fingerprint density at radius 2 is 1.00 bits per heavy atom. The van der Waals surface area contributed by atoms with E-state index in [1.54, 1.807) is 0 Å². The van der Waals surface area contributed by atoms with Crippen molar-refractivity contribution >= 4 is 31.9 Å². The van der Waals surface area contributed by atoms with Gasteiger partial charge in [-0.25, -0.2) is 9.36 Å². The molecule has 0 aromatic rings. The summed E-state index contributed by atoms with van der Waals surface area (Å²) in [5.41, 5.74) is 0. The van der Waals surface area contributed by atoms with Crippen molar-refractivity contribution in [3.63, 3.8) is 0 Å². The zero-order valence-corrected chi connectivity index (χ0v) is 35.5. The summed E-state index contributed by atoms with van der Waals surface area (Å²) >= 11 is 0. The highest BCUT2D eigenvalue weighted by Crippen LogP contribution is 2.43. The van der Waals surface area contributed by atoms with Gasteiger partial charge in [-0.1, -0.05) is 141 Å². The van der Waals surface area contributed by atoms with Crippen LogP contribution in [-0.2, 0) is 37.5 Å². The minimum Gasteiger partial charge on any atom is -0.477 e. The molecular weight excluding hydrogens is 721 g/mol. The van der Waals surface area contributed by atoms with Gasteiger partial charge in [0.2, 0.25) is 0 Å². The standard InChI is InChI=1S/C43H78NO10P/c1-3-5-7-9-11-13-15-17-19-21-23-25-27-29-31-33-42(47)51-38-40(39-53-55(49,50)52-36-35-44-37-41(45)46)54-43(48)34-32-30-28-26-24-22-20-18-16-14-12-10-8-6-4-2/h17-20,37,40H,3-16,21-36,38-39H2,1-2H3,(H,45,46)(H,49,50)/b19-17-,20-18-,44-37?. The number of phosphoric ester groups is 1. The van der Waals surface area contributed by atoms with Crippen LogP contribution in [0.4, 0.5) is 0 Å². The van der Waals surface area contributed by atoms with Crippen molar-refractivity contribution in [2.45, 2.75) is 200 Å². The second kappa shape index (κ2) is 39.9. The van der Waals surface area contributed by atoms with Gasteiger partial charge in [0.15, 0.2) is 6.10 Å². The number of carbonyl (C=O) groups excluding carboxylic acids is 2. The zero-order valence-electron chi connectivity index (χ0n) is 34.6. The predicted octanol–water partition coefficient (Wildman–Crippen LogP) is 11.8. The number of aliphatic imine (C=N–C) groups is 1. The Bertz CT molecular complexity index is 1060. The number of carboxylic acid groups (broad SMARTS) is 1. The van der Waals surface area contributed by atoms with Crippen LogP contribution in [0.2, 0.25) is 0 Å². The average molecular weight is 800 g/mol. The lowest BCUT2D eigenvalue weighted by Crippen LogP contribution is -2.29. The summed E-state index contributed by atoms with van der Waals surface area (Å²) < 4.78 is 33.0. The number of allylic oxidation sites excluding steroid dienone is 4. The van der Waals surface area contributed by atoms with E-state index < -0.39 is 38.4 Å². The third-order valence-corrected chi connectivity index (χ3v) is 10.1. The molecule has 0 rings (SSSR count). The van der Waals surface area contributed by atoms with Gasteiger partial charge in [0.05, 0.1) is 19.8 Å². The van der Waals surface area contributed by atoms with Gasteiger partial charge in [-0.3, -0.25) is 23.6 Å². The lowest BCUT2D eigenvalue weighted by Gasteiger charge is -2.19. The molecule has 0 aromatic heterocycles. The summed E-state index contributed by atoms with van der Waals surface area (Å²) in [6.07, 6.45) is 39.0. The third kappa shape index (κ3) is 41.1. The molecule has 0 aliphatic heterocycles. The maximum atomic E-state index is 12.6. The lowest BCUT2D eigenvalue weighted by atomic mass is 10.1. The molecule has 0 saturated carbocycles. The molecule has 2 unspecified atom stereocenters. The first-order chi connectivity index (χ1) is 26.7. The largest absolute Gasteiger partial charge is 0.477 e. The molecule has 0 radical (unpaired) electrons. The SMILES string of the molecule is CCCCCCCC/C=C\CCCCCCCC(=O)OCC(COP(=O)(O)OCCN=CC(=O)O)OC(=O)CCCCCCC/C=C\CCCCCCCC. The number of unbranched alkanes of at least 4 members (excludes halogenated alkanes) is 22. The van der Waals surface area contributed by atoms with Crippen molar-refractivity contribution in [3.05, 3.63) is 24.3 Å². The van der Waals surface area contributed by atoms with Crippen LogP contribution in [0.1, 0.15) is 194 Å². The third-order valence-electron chi connectivity index (χ3n) is 9.11. The molecule has 11 nitrogen and oxygen atoms in total. The number of carbonyl (C=O) groups is 3. The summed E-state index contributed by atoms with van der Waals surface area (Å²) in [7, 11) is -4.56. The Labute approximate surface area is 334 Å². The summed E-state index contributed by atoms with van der Waals surface area (Å²) in [4.78, 5) is 49.2. The van der Waals surface area contributed by atoms with E-state index in [-0.39, 0.29) is 32.6 Å². The molecule has 0 aliphatic rings. The van der Waals surface area contributed by atoms with Crippen molar-refractivity contribution in [1.82, 2.24) is 0 Å². The lowest BCUT2D eigenvalue weighted by molar-refractivity contribution is -0.161. The van der Waals surface area contributed by atoms with E-state index in [0.29, 0.717) is 19.1 Å². The highest BCUT2D eigenvalue weighted by Gasteiger charge is 2.26. The maximum absolute atomic E-state index is 12.6. The first-order valence-electron chi connectivity index (χ1n) is 21.7. The van der Waals surface area contributed by atoms with Crippen LogP contribution >= 0.6 is 7.82 Å². The number of hydrogen-bond donors (Lipinski definition) is 2. The Balaban J connectivity index is 4.42. The van der Waals surface area contributed by atoms with Crippen LogP contribution in [0, 0.1) is 0 Å². The van der Waals surface area contributed by atoms with Crippen LogP contribution in [-0.4, -0.2) is 66.6 Å². The molecule has 0 aliphatic carbocycles. The topological polar surface area (TPSA) is 158 Å². The summed E-state index contributed by atoms with van der Waals surface area (Å²) in [5, 5.41) is 8.59. The van der Waals surface area contributed by atoms with Gasteiger partial charge in [-0.15, -0.1) is 0 Å². The number of ether oxygens (including phenoxy) is 2. The van der Waals surface area contributed by atoms with E-state index >= 15 is 0 Å². The van der Waals surface area contributed by atoms with Gasteiger partial charge in [0, 0.05) is 12.8 Å². The monoisotopic (exact) mass is 800 g/mol. The molecule has 0 fully saturated rings. The van der Waals surface area contributed by atoms with Crippen LogP contribution in [0.25, 0.3) is 0 Å². The van der Waals surface area contributed by atoms with Gasteiger partial charge in [-0.05, 0) is 64.2 Å². The molecular formula is C43H78NO10P. The Hall–Kier alpha value is -2.33. The fraction of sp³-hybridized carbons (Fsp3) is 0.814. The molecule has 0 bridgehead atoms. The molecule has 2 N–H and O–H groups in total. The van der Waals surface area contributed by atoms with E-state index in [9.17, 15) is 23.8 Å². The first kappa shape index (κ1) is 52.7. The van der Waals surface area contributed by atoms with Crippen molar-refractivity contribution in [3.8, 4) is 0 Å². The quantitative estimate of drug-likeness (QED) is 0.0200. The number of aliphatic carboxylic acids is 1. The second-order valence-corrected chi connectivity index (χ2v) is 15.9. The maximum Gasteiger partial charge on any atom is 0.472 e. The van der Waals surface area contributed by atoms with Gasteiger partial charge < -0.3 is 19.5 Å². The Morgan fingerprint density at radius 1 is 0.582 bits per heavy atom. The predicted molar refractivity (Wildman–Crippen MR) is 222 cm³/mol. The number of rotatable bonds is 41. The fourth-order valence-electron chi connectivity index (χ4n) is 5.87. The molecule has 0 saturated heterocycles. The molecule has 0 aromatic carbocycles. The minimum absolute atomic E-state index is 0.164. The molecule has 0 amide bonds. The van der Waals surface area contributed by atoms with Crippen LogP contribution in [0.3, 0.4) is 0 Å². The van der Waals surface area contributed by atoms with Crippen LogP contribution < -0.4 is 0 Å². The smallest absolute Gasteiger partial charge is 0.472 e. The highest BCUT2D eigenvalue weighted by atomic mass is 31.2. The van der Waals surface area contributed by atoms with E-state index in [1.165, 1.54) is 77.0 Å². The number of esters is 2. The van der Waals surface area contributed by atoms with Crippen molar-refractivity contribution < 1.29 is 47.5 Å². The van der Waals surface area contributed by atoms with Crippen LogP contribution in [0.15, 0.2) is 29.3 Å². The van der Waals surface area contributed by atoms with Gasteiger partial charge in [-0.2, -0.15) is 0 Å². The van der Waals surface area contributed by atoms with E-state index in [0.717, 1.165) is 77.0 Å². The van der Waals surface area contributed by atoms with Crippen LogP contribution in [0.5, 0.6) is 0 Å². The van der Waals surface area contributed by atoms with Crippen molar-refractivity contribution in [2.24, 2.45) is 4.99 Å². The number of hydrogen-bond acceptors (Lipinski definition) is 9. The van der Waals surface area contributed by atoms with E-state index in [2.05, 4.69) is 43.1 Å². The first-order valence-corrected chi connectivity index (χ1v) is 23.2. The molecule has 55 heavy (non-hydrogen) atoms. The summed E-state index contributed by atoms with van der Waals surface area (Å²) in [6, 6.07) is 0. The van der Waals surface area contributed by atoms with Crippen molar-refractivity contribution in [1.29, 1.82) is 0 Å². The number of phosphoric acid groups is 1. The van der Waals surface area contributed by atoms with Gasteiger partial charge in [0.1, 0.15) is 12.8 Å². The summed E-state index contributed by atoms with van der Waals surface area (Å²) in [5.74, 6) is -2.19. The number of carboxylic acids is 1. The minimum atomic E-state index is -4.56. The van der Waals surface area contributed by atoms with Gasteiger partial charge >= 0.3 is 25.7 Å². The van der Waals surface area contributed by atoms with Gasteiger partial charge in [0.25, 0.3) is 0 Å². The second-order valence-electron chi connectivity index (χ2n) is 14.4. The van der Waals surface area contributed by atoms with Crippen molar-refractivity contribution in [2.75, 3.05) is 26.4 Å². The number of nitrogens with zero attached hydrogens (tertiary/aromatic N) is 1. The summed E-state index contributed by atoms with van der Waals surface area (Å²) in [6.45, 7) is 3.12. The molecule has 0 heterocycles. The fourth-order valence-corrected chi connectivity index (χ4v) is 6.61. The molecule has 12 heteroatoms. The zero-order chi connectivity index (χ0) is 40.5. The van der Waals surface area contributed by atoms with E-state index in [4.69, 9.17) is 23.6 Å². The normalized spacial score (nSPS) is 13.5. The molecule has 0 spiro atoms. The Morgan fingerprint density at radius 3 is 1.45 bits per heavy atom. The average Bonchev–Trinajstić information content (AvgIpc) is 3.15.